The van der Waals surface area contributed by atoms with Gasteiger partial charge in [-0.1, -0.05) is 86.1 Å². The minimum absolute atomic E-state index is 0.238. The summed E-state index contributed by atoms with van der Waals surface area (Å²) >= 11 is 0. The molecule has 0 aliphatic heterocycles. The molecule has 7 rings (SSSR count). The third-order valence-electron chi connectivity index (χ3n) is 8.58. The number of sulfonamides is 1. The number of aromatic amines is 1. The van der Waals surface area contributed by atoms with Crippen molar-refractivity contribution in [2.75, 3.05) is 23.7 Å². The maximum absolute atomic E-state index is 13.8. The van der Waals surface area contributed by atoms with Crippen LogP contribution in [0.2, 0.25) is 0 Å². The second kappa shape index (κ2) is 12.9. The largest absolute Gasteiger partial charge is 0.377 e. The van der Waals surface area contributed by atoms with Crippen LogP contribution in [-0.2, 0) is 23.0 Å². The topological polar surface area (TPSA) is 122 Å². The van der Waals surface area contributed by atoms with Crippen molar-refractivity contribution in [1.29, 1.82) is 0 Å². The molecule has 0 atom stereocenters. The molecule has 2 aromatic heterocycles. The molecule has 0 saturated carbocycles. The van der Waals surface area contributed by atoms with E-state index in [9.17, 15) is 8.42 Å². The van der Waals surface area contributed by atoms with Crippen LogP contribution >= 0.6 is 0 Å². The smallest absolute Gasteiger partial charge is 0.262 e. The fourth-order valence-corrected chi connectivity index (χ4v) is 7.49. The molecular weight excluding hydrogens is 621 g/mol. The molecule has 0 radical (unpaired) electrons. The quantitative estimate of drug-likeness (QED) is 0.150. The number of nitrogens with one attached hydrogen (secondary N) is 2. The van der Waals surface area contributed by atoms with Crippen LogP contribution in [0, 0.1) is 0 Å². The first-order valence-corrected chi connectivity index (χ1v) is 17.4. The number of aryl methyl sites for hydroxylation is 1. The molecule has 0 spiro atoms. The molecule has 10 nitrogen and oxygen atoms in total. The average Bonchev–Trinajstić information content (AvgIpc) is 3.75. The first kappa shape index (κ1) is 31.1. The van der Waals surface area contributed by atoms with Gasteiger partial charge in [-0.3, -0.25) is 4.72 Å². The molecule has 0 amide bonds. The third kappa shape index (κ3) is 6.00. The highest BCUT2D eigenvalue weighted by Gasteiger charge is 2.20. The fraction of sp³-hybridized carbons (Fsp3) is 0.189. The number of hydrogen-bond acceptors (Lipinski definition) is 7. The Morgan fingerprint density at radius 2 is 1.62 bits per heavy atom. The van der Waals surface area contributed by atoms with Gasteiger partial charge >= 0.3 is 0 Å². The van der Waals surface area contributed by atoms with Gasteiger partial charge in [-0.25, -0.2) is 13.4 Å². The van der Waals surface area contributed by atoms with Crippen LogP contribution in [0.5, 0.6) is 0 Å². The molecule has 2 heterocycles. The number of nitrogens with zero attached hydrogens (tertiary/aromatic N) is 6. The minimum Gasteiger partial charge on any atom is -0.377 e. The molecule has 0 unspecified atom stereocenters. The van der Waals surface area contributed by atoms with Gasteiger partial charge < -0.3 is 9.47 Å². The van der Waals surface area contributed by atoms with Crippen LogP contribution in [0.15, 0.2) is 108 Å². The van der Waals surface area contributed by atoms with E-state index in [1.165, 1.54) is 0 Å². The summed E-state index contributed by atoms with van der Waals surface area (Å²) in [7, 11) is 0.00871. The Morgan fingerprint density at radius 3 is 2.38 bits per heavy atom. The lowest BCUT2D eigenvalue weighted by Gasteiger charge is -2.17. The van der Waals surface area contributed by atoms with Crippen molar-refractivity contribution in [3.63, 3.8) is 0 Å². The number of hydrogen-bond donors (Lipinski definition) is 2. The number of rotatable bonds is 11. The van der Waals surface area contributed by atoms with Gasteiger partial charge in [0.15, 0.2) is 0 Å². The molecule has 0 aliphatic carbocycles. The summed E-state index contributed by atoms with van der Waals surface area (Å²) in [5.41, 5.74) is 7.21. The van der Waals surface area contributed by atoms with Crippen molar-refractivity contribution in [3.8, 4) is 22.5 Å². The van der Waals surface area contributed by atoms with E-state index >= 15 is 0 Å². The molecule has 0 aliphatic rings. The lowest BCUT2D eigenvalue weighted by Crippen LogP contribution is -2.14. The van der Waals surface area contributed by atoms with Crippen molar-refractivity contribution < 1.29 is 8.42 Å². The number of fused-ring (bicyclic) bond motifs is 2. The summed E-state index contributed by atoms with van der Waals surface area (Å²) in [5, 5.41) is 16.1. The van der Waals surface area contributed by atoms with Gasteiger partial charge in [0, 0.05) is 49.1 Å². The summed E-state index contributed by atoms with van der Waals surface area (Å²) in [4.78, 5) is 7.20. The van der Waals surface area contributed by atoms with Gasteiger partial charge in [0.2, 0.25) is 5.82 Å². The molecule has 2 N–H and O–H groups in total. The summed E-state index contributed by atoms with van der Waals surface area (Å²) in [6, 6.07) is 33.1. The monoisotopic (exact) mass is 656 g/mol. The van der Waals surface area contributed by atoms with Crippen molar-refractivity contribution in [2.24, 2.45) is 0 Å². The standard InChI is InChI=1S/C37H36N8O2S/c1-4-5-16-36-38-32-22-21-27(41-48(46,47)35-15-9-12-29-30(35)13-8-14-33(29)44(2)3)23-34(32)45(36)24-25-17-19-26(20-18-25)28-10-6-7-11-31(28)37-39-42-43-40-37/h6-15,17-23,41H,4-5,16,24H2,1-3H3,(H,39,40,42,43). The molecule has 5 aromatic carbocycles. The van der Waals surface area contributed by atoms with Crippen molar-refractivity contribution in [2.45, 2.75) is 37.6 Å². The zero-order valence-electron chi connectivity index (χ0n) is 27.1. The molecule has 11 heteroatoms. The summed E-state index contributed by atoms with van der Waals surface area (Å²) in [6.07, 6.45) is 2.88. The Morgan fingerprint density at radius 1 is 0.854 bits per heavy atom. The number of tetrazole rings is 1. The van der Waals surface area contributed by atoms with E-state index in [0.717, 1.165) is 69.4 Å². The van der Waals surface area contributed by atoms with Gasteiger partial charge in [0.25, 0.3) is 10.0 Å². The van der Waals surface area contributed by atoms with E-state index in [1.807, 2.05) is 73.6 Å². The molecule has 7 aromatic rings. The van der Waals surface area contributed by atoms with Gasteiger partial charge in [-0.2, -0.15) is 5.21 Å². The second-order valence-corrected chi connectivity index (χ2v) is 13.7. The van der Waals surface area contributed by atoms with Crippen molar-refractivity contribution in [1.82, 2.24) is 30.2 Å². The number of H-pyrrole nitrogens is 1. The first-order chi connectivity index (χ1) is 23.3. The van der Waals surface area contributed by atoms with Gasteiger partial charge in [0.1, 0.15) is 5.82 Å². The van der Waals surface area contributed by atoms with Crippen LogP contribution in [0.4, 0.5) is 11.4 Å². The van der Waals surface area contributed by atoms with Gasteiger partial charge in [0.05, 0.1) is 21.6 Å². The van der Waals surface area contributed by atoms with Crippen LogP contribution in [-0.4, -0.2) is 52.7 Å². The molecule has 0 saturated heterocycles. The maximum Gasteiger partial charge on any atom is 0.262 e. The Kier molecular flexibility index (Phi) is 8.36. The van der Waals surface area contributed by atoms with Crippen LogP contribution < -0.4 is 9.62 Å². The molecular formula is C37H36N8O2S. The number of anilines is 2. The summed E-state index contributed by atoms with van der Waals surface area (Å²) in [5.74, 6) is 1.52. The molecule has 0 fully saturated rings. The van der Waals surface area contributed by atoms with Crippen molar-refractivity contribution in [3.05, 3.63) is 115 Å². The van der Waals surface area contributed by atoms with Crippen LogP contribution in [0.3, 0.4) is 0 Å². The van der Waals surface area contributed by atoms with Crippen LogP contribution in [0.25, 0.3) is 44.3 Å². The van der Waals surface area contributed by atoms with Crippen LogP contribution in [0.1, 0.15) is 31.2 Å². The first-order valence-electron chi connectivity index (χ1n) is 16.0. The average molecular weight is 657 g/mol. The second-order valence-electron chi connectivity index (χ2n) is 12.0. The fourth-order valence-electron chi connectivity index (χ4n) is 6.22. The highest BCUT2D eigenvalue weighted by atomic mass is 32.2. The molecule has 48 heavy (non-hydrogen) atoms. The Labute approximate surface area is 279 Å². The Balaban J connectivity index is 1.22. The third-order valence-corrected chi connectivity index (χ3v) is 10.0. The number of benzene rings is 5. The highest BCUT2D eigenvalue weighted by Crippen LogP contribution is 2.33. The van der Waals surface area contributed by atoms with E-state index in [1.54, 1.807) is 18.2 Å². The maximum atomic E-state index is 13.8. The normalized spacial score (nSPS) is 11.7. The zero-order chi connectivity index (χ0) is 33.3. The SMILES string of the molecule is CCCCc1nc2ccc(NS(=O)(=O)c3cccc4c(N(C)C)cccc34)cc2n1Cc1ccc(-c2ccccc2-c2nn[nH]n2)cc1. The van der Waals surface area contributed by atoms with E-state index < -0.39 is 10.0 Å². The number of aromatic nitrogens is 6. The molecule has 242 valence electrons. The van der Waals surface area contributed by atoms with E-state index in [-0.39, 0.29) is 4.90 Å². The summed E-state index contributed by atoms with van der Waals surface area (Å²) < 4.78 is 32.7. The molecule has 0 bridgehead atoms. The predicted octanol–water partition coefficient (Wildman–Crippen LogP) is 7.29. The summed E-state index contributed by atoms with van der Waals surface area (Å²) in [6.45, 7) is 2.76. The van der Waals surface area contributed by atoms with E-state index in [2.05, 4.69) is 67.2 Å². The van der Waals surface area contributed by atoms with Crippen molar-refractivity contribution >= 4 is 43.2 Å². The van der Waals surface area contributed by atoms with Gasteiger partial charge in [-0.15, -0.1) is 10.2 Å². The van der Waals surface area contributed by atoms with E-state index in [0.29, 0.717) is 23.4 Å². The predicted molar refractivity (Wildman–Crippen MR) is 192 cm³/mol. The zero-order valence-corrected chi connectivity index (χ0v) is 27.9. The number of unbranched alkanes of at least 4 members (excludes halogenated alkanes) is 1. The Hall–Kier alpha value is -5.55. The highest BCUT2D eigenvalue weighted by molar-refractivity contribution is 7.93. The Bertz CT molecular complexity index is 2330. The van der Waals surface area contributed by atoms with E-state index in [4.69, 9.17) is 4.98 Å². The van der Waals surface area contributed by atoms with Gasteiger partial charge in [-0.05, 0) is 58.7 Å². The lowest BCUT2D eigenvalue weighted by atomic mass is 9.98. The lowest BCUT2D eigenvalue weighted by molar-refractivity contribution is 0.602. The number of imidazole rings is 1. The minimum atomic E-state index is -3.89.